The van der Waals surface area contributed by atoms with Gasteiger partial charge in [0.15, 0.2) is 11.8 Å². The van der Waals surface area contributed by atoms with Crippen molar-refractivity contribution >= 4 is 23.4 Å². The van der Waals surface area contributed by atoms with Gasteiger partial charge in [0.1, 0.15) is 11.6 Å². The second-order valence-corrected chi connectivity index (χ2v) is 7.89. The molecule has 8 heteroatoms. The van der Waals surface area contributed by atoms with Gasteiger partial charge in [0.05, 0.1) is 28.9 Å². The fraction of sp³-hybridized carbons (Fsp3) is 0.200. The molecule has 2 aliphatic rings. The lowest BCUT2D eigenvalue weighted by Gasteiger charge is -2.35. The largest absolute Gasteiger partial charge is 0.482 e. The molecule has 0 bridgehead atoms. The summed E-state index contributed by atoms with van der Waals surface area (Å²) in [7, 11) is 0. The third-order valence-corrected chi connectivity index (χ3v) is 6.21. The Kier molecular flexibility index (Phi) is 4.01. The molecule has 2 atom stereocenters. The summed E-state index contributed by atoms with van der Waals surface area (Å²) >= 11 is 1.56. The molecule has 1 aromatic heterocycles. The topological polar surface area (TPSA) is 68.2 Å². The number of nitrogens with zero attached hydrogens (tertiary/aromatic N) is 2. The van der Waals surface area contributed by atoms with Gasteiger partial charge in [-0.25, -0.2) is 14.1 Å². The molecule has 3 aromatic rings. The monoisotopic (exact) mass is 396 g/mol. The van der Waals surface area contributed by atoms with Gasteiger partial charge in [0.2, 0.25) is 0 Å². The number of benzene rings is 2. The second kappa shape index (κ2) is 6.56. The zero-order valence-electron chi connectivity index (χ0n) is 15.0. The summed E-state index contributed by atoms with van der Waals surface area (Å²) in [5.41, 5.74) is 6.52. The number of nitrogens with one attached hydrogen (secondary N) is 2. The Balaban J connectivity index is 1.60. The average molecular weight is 396 g/mol. The van der Waals surface area contributed by atoms with Crippen molar-refractivity contribution in [1.82, 2.24) is 9.66 Å². The molecule has 2 aromatic carbocycles. The molecule has 6 nitrogen and oxygen atoms in total. The fourth-order valence-corrected chi connectivity index (χ4v) is 4.81. The van der Waals surface area contributed by atoms with Gasteiger partial charge in [-0.1, -0.05) is 36.0 Å². The predicted octanol–water partition coefficient (Wildman–Crippen LogP) is 3.79. The number of carbonyl (C=O) groups is 1. The van der Waals surface area contributed by atoms with Crippen LogP contribution in [0.3, 0.4) is 0 Å². The number of hydrogen-bond acceptors (Lipinski definition) is 5. The first kappa shape index (κ1) is 17.1. The van der Waals surface area contributed by atoms with Gasteiger partial charge in [-0.2, -0.15) is 0 Å². The molecule has 3 heterocycles. The van der Waals surface area contributed by atoms with Crippen molar-refractivity contribution in [1.29, 1.82) is 0 Å². The number of halogens is 1. The van der Waals surface area contributed by atoms with Crippen LogP contribution < -0.4 is 15.5 Å². The van der Waals surface area contributed by atoms with Crippen LogP contribution in [0.25, 0.3) is 0 Å². The first-order valence-corrected chi connectivity index (χ1v) is 9.76. The van der Waals surface area contributed by atoms with Crippen LogP contribution in [0.1, 0.15) is 28.1 Å². The Morgan fingerprint density at radius 1 is 1.29 bits per heavy atom. The number of fused-ring (bicyclic) bond motifs is 2. The Labute approximate surface area is 165 Å². The highest BCUT2D eigenvalue weighted by Crippen LogP contribution is 2.49. The number of aromatic nitrogens is 2. The van der Waals surface area contributed by atoms with E-state index in [1.54, 1.807) is 30.1 Å². The van der Waals surface area contributed by atoms with Crippen LogP contribution in [0.2, 0.25) is 0 Å². The van der Waals surface area contributed by atoms with Crippen LogP contribution in [0.4, 0.5) is 10.1 Å². The first-order chi connectivity index (χ1) is 13.6. The van der Waals surface area contributed by atoms with Crippen molar-refractivity contribution in [2.45, 2.75) is 23.4 Å². The normalized spacial score (nSPS) is 20.4. The van der Waals surface area contributed by atoms with E-state index in [-0.39, 0.29) is 29.6 Å². The molecule has 28 heavy (non-hydrogen) atoms. The second-order valence-electron chi connectivity index (χ2n) is 6.78. The van der Waals surface area contributed by atoms with E-state index in [1.165, 1.54) is 6.07 Å². The molecule has 0 radical (unpaired) electrons. The fourth-order valence-electron chi connectivity index (χ4n) is 3.54. The van der Waals surface area contributed by atoms with Gasteiger partial charge < -0.3 is 15.5 Å². The van der Waals surface area contributed by atoms with Crippen molar-refractivity contribution in [2.75, 3.05) is 17.3 Å². The van der Waals surface area contributed by atoms with Gasteiger partial charge in [0.25, 0.3) is 5.91 Å². The number of anilines is 1. The number of hydrogen-bond donors (Lipinski definition) is 2. The molecular formula is C20H17FN4O2S. The van der Waals surface area contributed by atoms with E-state index in [4.69, 9.17) is 4.74 Å². The molecule has 0 fully saturated rings. The van der Waals surface area contributed by atoms with Crippen LogP contribution >= 0.6 is 11.8 Å². The molecule has 0 saturated carbocycles. The van der Waals surface area contributed by atoms with Gasteiger partial charge in [0, 0.05) is 5.56 Å². The van der Waals surface area contributed by atoms with E-state index < -0.39 is 0 Å². The van der Waals surface area contributed by atoms with Crippen LogP contribution in [-0.2, 0) is 4.79 Å². The zero-order valence-corrected chi connectivity index (χ0v) is 15.8. The lowest BCUT2D eigenvalue weighted by Crippen LogP contribution is -2.31. The standard InChI is InChI=1S/C20H17FN4O2S/c1-11-9-22-20-25(11)24-18(13-4-2-3-5-14(13)21)19(28-20)12-6-7-16-15(8-12)23-17(26)10-27-16/h2-9,18-19,24H,10H2,1H3,(H,23,26). The van der Waals surface area contributed by atoms with Crippen molar-refractivity contribution in [3.05, 3.63) is 71.3 Å². The number of rotatable bonds is 2. The quantitative estimate of drug-likeness (QED) is 0.690. The van der Waals surface area contributed by atoms with Crippen molar-refractivity contribution < 1.29 is 13.9 Å². The van der Waals surface area contributed by atoms with E-state index >= 15 is 0 Å². The van der Waals surface area contributed by atoms with E-state index in [1.807, 2.05) is 35.9 Å². The SMILES string of the molecule is Cc1cnc2n1NC(c1ccccc1F)C(c1ccc3c(c1)NC(=O)CO3)S2. The summed E-state index contributed by atoms with van der Waals surface area (Å²) in [6.07, 6.45) is 1.79. The summed E-state index contributed by atoms with van der Waals surface area (Å²) in [5, 5.41) is 3.51. The Morgan fingerprint density at radius 2 is 2.14 bits per heavy atom. The van der Waals surface area contributed by atoms with Gasteiger partial charge in [-0.15, -0.1) is 0 Å². The Bertz CT molecular complexity index is 1080. The highest BCUT2D eigenvalue weighted by Gasteiger charge is 2.35. The van der Waals surface area contributed by atoms with Crippen LogP contribution in [0, 0.1) is 12.7 Å². The molecule has 2 N–H and O–H groups in total. The van der Waals surface area contributed by atoms with Crippen LogP contribution in [0.5, 0.6) is 5.75 Å². The molecule has 1 amide bonds. The lowest BCUT2D eigenvalue weighted by molar-refractivity contribution is -0.118. The highest BCUT2D eigenvalue weighted by atomic mass is 32.2. The summed E-state index contributed by atoms with van der Waals surface area (Å²) in [6.45, 7) is 1.97. The van der Waals surface area contributed by atoms with Crippen LogP contribution in [-0.4, -0.2) is 22.2 Å². The molecule has 0 spiro atoms. The lowest BCUT2D eigenvalue weighted by atomic mass is 9.97. The number of carbonyl (C=O) groups excluding carboxylic acids is 1. The van der Waals surface area contributed by atoms with Gasteiger partial charge in [-0.3, -0.25) is 4.79 Å². The van der Waals surface area contributed by atoms with E-state index in [2.05, 4.69) is 15.7 Å². The number of amides is 1. The minimum Gasteiger partial charge on any atom is -0.482 e. The number of thioether (sulfide) groups is 1. The Morgan fingerprint density at radius 3 is 3.00 bits per heavy atom. The van der Waals surface area contributed by atoms with Crippen molar-refractivity contribution in [3.63, 3.8) is 0 Å². The van der Waals surface area contributed by atoms with E-state index in [0.717, 1.165) is 16.4 Å². The molecular weight excluding hydrogens is 379 g/mol. The maximum atomic E-state index is 14.6. The molecule has 0 saturated heterocycles. The predicted molar refractivity (Wildman–Crippen MR) is 105 cm³/mol. The molecule has 142 valence electrons. The maximum Gasteiger partial charge on any atom is 0.262 e. The third-order valence-electron chi connectivity index (χ3n) is 4.91. The minimum atomic E-state index is -0.315. The Hall–Kier alpha value is -3.00. The van der Waals surface area contributed by atoms with E-state index in [9.17, 15) is 9.18 Å². The number of ether oxygens (including phenoxy) is 1. The van der Waals surface area contributed by atoms with Crippen molar-refractivity contribution in [3.8, 4) is 5.75 Å². The maximum absolute atomic E-state index is 14.6. The van der Waals surface area contributed by atoms with Crippen molar-refractivity contribution in [2.24, 2.45) is 0 Å². The minimum absolute atomic E-state index is 0.0145. The van der Waals surface area contributed by atoms with Gasteiger partial charge >= 0.3 is 0 Å². The number of imidazole rings is 1. The van der Waals surface area contributed by atoms with Gasteiger partial charge in [-0.05, 0) is 30.7 Å². The molecule has 2 unspecified atom stereocenters. The zero-order chi connectivity index (χ0) is 19.3. The summed E-state index contributed by atoms with van der Waals surface area (Å²) in [5.74, 6) is 0.189. The van der Waals surface area contributed by atoms with Crippen LogP contribution in [0.15, 0.2) is 53.8 Å². The average Bonchev–Trinajstić information content (AvgIpc) is 3.07. The molecule has 0 aliphatic carbocycles. The third kappa shape index (κ3) is 2.80. The summed E-state index contributed by atoms with van der Waals surface area (Å²) in [6, 6.07) is 12.2. The number of aryl methyl sites for hydroxylation is 1. The van der Waals surface area contributed by atoms with E-state index in [0.29, 0.717) is 17.0 Å². The summed E-state index contributed by atoms with van der Waals surface area (Å²) < 4.78 is 22.0. The molecule has 2 aliphatic heterocycles. The summed E-state index contributed by atoms with van der Waals surface area (Å²) in [4.78, 5) is 16.2. The first-order valence-electron chi connectivity index (χ1n) is 8.89. The smallest absolute Gasteiger partial charge is 0.262 e. The molecule has 5 rings (SSSR count). The highest BCUT2D eigenvalue weighted by molar-refractivity contribution is 7.99.